The van der Waals surface area contributed by atoms with Crippen molar-refractivity contribution >= 4 is 34.0 Å². The Morgan fingerprint density at radius 2 is 2.20 bits per heavy atom. The molecule has 0 bridgehead atoms. The lowest BCUT2D eigenvalue weighted by Gasteiger charge is -2.05. The van der Waals surface area contributed by atoms with Gasteiger partial charge in [0.2, 0.25) is 5.91 Å². The second-order valence-electron chi connectivity index (χ2n) is 4.32. The van der Waals surface area contributed by atoms with Gasteiger partial charge in [0.1, 0.15) is 5.52 Å². The monoisotopic (exact) mass is 284 g/mol. The van der Waals surface area contributed by atoms with Gasteiger partial charge in [-0.1, -0.05) is 6.07 Å². The van der Waals surface area contributed by atoms with Gasteiger partial charge in [-0.2, -0.15) is 0 Å². The van der Waals surface area contributed by atoms with E-state index in [1.807, 2.05) is 30.5 Å². The van der Waals surface area contributed by atoms with Gasteiger partial charge >= 0.3 is 0 Å². The smallest absolute Gasteiger partial charge is 0.231 e. The van der Waals surface area contributed by atoms with Crippen LogP contribution in [0.5, 0.6) is 0 Å². The maximum atomic E-state index is 12.0. The van der Waals surface area contributed by atoms with E-state index in [-0.39, 0.29) is 12.3 Å². The number of amides is 1. The molecule has 100 valence electrons. The third-order valence-corrected chi connectivity index (χ3v) is 3.61. The number of aryl methyl sites for hydroxylation is 1. The number of carbonyl (C=O) groups excluding carboxylic acids is 1. The first-order chi connectivity index (χ1) is 9.72. The summed E-state index contributed by atoms with van der Waals surface area (Å²) in [6.45, 7) is 1.92. The molecule has 0 spiro atoms. The Morgan fingerprint density at radius 3 is 3.00 bits per heavy atom. The highest BCUT2D eigenvalue weighted by Gasteiger charge is 2.10. The van der Waals surface area contributed by atoms with Crippen LogP contribution in [0.4, 0.5) is 5.82 Å². The number of fused-ring (bicyclic) bond motifs is 1. The maximum absolute atomic E-state index is 12.0. The van der Waals surface area contributed by atoms with Crippen LogP contribution in [0.2, 0.25) is 0 Å². The molecule has 5 nitrogen and oxygen atoms in total. The molecule has 3 heterocycles. The first kappa shape index (κ1) is 12.7. The van der Waals surface area contributed by atoms with Crippen LogP contribution in [-0.4, -0.2) is 20.9 Å². The summed E-state index contributed by atoms with van der Waals surface area (Å²) in [4.78, 5) is 24.7. The van der Waals surface area contributed by atoms with E-state index in [2.05, 4.69) is 20.3 Å². The number of nitrogens with one attached hydrogen (secondary N) is 1. The number of anilines is 1. The Bertz CT molecular complexity index is 763. The van der Waals surface area contributed by atoms with Crippen molar-refractivity contribution in [1.82, 2.24) is 15.0 Å². The Balaban J connectivity index is 1.81. The fourth-order valence-corrected chi connectivity index (χ4v) is 2.54. The lowest BCUT2D eigenvalue weighted by molar-refractivity contribution is -0.115. The van der Waals surface area contributed by atoms with E-state index in [0.29, 0.717) is 11.3 Å². The standard InChI is InChI=1S/C14H12N4OS/c1-9-17-11(8-20-9)7-12(19)18-14-13-10(4-6-16-14)3-2-5-15-13/h2-6,8H,7H2,1H3,(H,16,18,19). The third kappa shape index (κ3) is 2.65. The number of hydrogen-bond donors (Lipinski definition) is 1. The first-order valence-electron chi connectivity index (χ1n) is 6.13. The van der Waals surface area contributed by atoms with Gasteiger partial charge in [-0.3, -0.25) is 9.78 Å². The van der Waals surface area contributed by atoms with E-state index < -0.39 is 0 Å². The summed E-state index contributed by atoms with van der Waals surface area (Å²) < 4.78 is 0. The quantitative estimate of drug-likeness (QED) is 0.802. The molecule has 0 aliphatic carbocycles. The van der Waals surface area contributed by atoms with Crippen molar-refractivity contribution in [2.45, 2.75) is 13.3 Å². The molecule has 0 atom stereocenters. The summed E-state index contributed by atoms with van der Waals surface area (Å²) in [6, 6.07) is 5.65. The van der Waals surface area contributed by atoms with Gasteiger partial charge in [0.25, 0.3) is 0 Å². The minimum absolute atomic E-state index is 0.138. The SMILES string of the molecule is Cc1nc(CC(=O)Nc2nccc3cccnc23)cs1. The first-order valence-corrected chi connectivity index (χ1v) is 7.01. The summed E-state index contributed by atoms with van der Waals surface area (Å²) in [5, 5.41) is 6.59. The molecule has 3 rings (SSSR count). The number of pyridine rings is 2. The summed E-state index contributed by atoms with van der Waals surface area (Å²) in [6.07, 6.45) is 3.59. The van der Waals surface area contributed by atoms with Gasteiger partial charge in [0.05, 0.1) is 17.1 Å². The van der Waals surface area contributed by atoms with Crippen LogP contribution < -0.4 is 5.32 Å². The van der Waals surface area contributed by atoms with Crippen LogP contribution in [0.15, 0.2) is 36.0 Å². The lowest BCUT2D eigenvalue weighted by Crippen LogP contribution is -2.16. The predicted octanol–water partition coefficient (Wildman–Crippen LogP) is 2.58. The van der Waals surface area contributed by atoms with Gasteiger partial charge in [-0.25, -0.2) is 9.97 Å². The number of nitrogens with zero attached hydrogens (tertiary/aromatic N) is 3. The maximum Gasteiger partial charge on any atom is 0.231 e. The zero-order valence-corrected chi connectivity index (χ0v) is 11.6. The molecule has 0 aliphatic heterocycles. The number of aromatic nitrogens is 3. The van der Waals surface area contributed by atoms with Crippen molar-refractivity contribution in [3.05, 3.63) is 46.7 Å². The van der Waals surface area contributed by atoms with Crippen LogP contribution in [0, 0.1) is 6.92 Å². The average molecular weight is 284 g/mol. The molecule has 0 fully saturated rings. The molecule has 3 aromatic heterocycles. The molecule has 20 heavy (non-hydrogen) atoms. The summed E-state index contributed by atoms with van der Waals surface area (Å²) in [7, 11) is 0. The van der Waals surface area contributed by atoms with Gasteiger partial charge in [0.15, 0.2) is 5.82 Å². The number of thiazole rings is 1. The molecule has 0 unspecified atom stereocenters. The Hall–Kier alpha value is -2.34. The molecule has 1 amide bonds. The number of hydrogen-bond acceptors (Lipinski definition) is 5. The predicted molar refractivity (Wildman–Crippen MR) is 78.7 cm³/mol. The zero-order valence-electron chi connectivity index (χ0n) is 10.8. The normalized spacial score (nSPS) is 10.7. The zero-order chi connectivity index (χ0) is 13.9. The van der Waals surface area contributed by atoms with Crippen molar-refractivity contribution in [2.24, 2.45) is 0 Å². The van der Waals surface area contributed by atoms with Crippen LogP contribution in [0.3, 0.4) is 0 Å². The molecule has 0 aliphatic rings. The van der Waals surface area contributed by atoms with Crippen LogP contribution in [0.25, 0.3) is 10.9 Å². The minimum atomic E-state index is -0.138. The van der Waals surface area contributed by atoms with Crippen LogP contribution >= 0.6 is 11.3 Å². The number of rotatable bonds is 3. The van der Waals surface area contributed by atoms with Crippen molar-refractivity contribution in [1.29, 1.82) is 0 Å². The van der Waals surface area contributed by atoms with E-state index in [4.69, 9.17) is 0 Å². The fraction of sp³-hybridized carbons (Fsp3) is 0.143. The minimum Gasteiger partial charge on any atom is -0.309 e. The van der Waals surface area contributed by atoms with Gasteiger partial charge in [-0.05, 0) is 19.1 Å². The highest BCUT2D eigenvalue weighted by molar-refractivity contribution is 7.09. The molecule has 0 saturated heterocycles. The van der Waals surface area contributed by atoms with Crippen LogP contribution in [0.1, 0.15) is 10.7 Å². The molecule has 0 saturated carbocycles. The van der Waals surface area contributed by atoms with E-state index in [0.717, 1.165) is 16.1 Å². The number of carbonyl (C=O) groups is 1. The Labute approximate surface area is 119 Å². The molecule has 3 aromatic rings. The van der Waals surface area contributed by atoms with E-state index >= 15 is 0 Å². The largest absolute Gasteiger partial charge is 0.309 e. The Morgan fingerprint density at radius 1 is 1.30 bits per heavy atom. The van der Waals surface area contributed by atoms with E-state index in [9.17, 15) is 4.79 Å². The molecule has 0 radical (unpaired) electrons. The van der Waals surface area contributed by atoms with E-state index in [1.165, 1.54) is 11.3 Å². The second kappa shape index (κ2) is 5.34. The van der Waals surface area contributed by atoms with Gasteiger partial charge in [-0.15, -0.1) is 11.3 Å². The topological polar surface area (TPSA) is 67.8 Å². The third-order valence-electron chi connectivity index (χ3n) is 2.79. The molecular formula is C14H12N4OS. The van der Waals surface area contributed by atoms with Gasteiger partial charge in [0, 0.05) is 23.2 Å². The highest BCUT2D eigenvalue weighted by Crippen LogP contribution is 2.18. The Kier molecular flexibility index (Phi) is 3.39. The summed E-state index contributed by atoms with van der Waals surface area (Å²) >= 11 is 1.54. The molecule has 6 heteroatoms. The average Bonchev–Trinajstić information content (AvgIpc) is 2.84. The van der Waals surface area contributed by atoms with Crippen molar-refractivity contribution in [3.63, 3.8) is 0 Å². The van der Waals surface area contributed by atoms with Crippen molar-refractivity contribution in [2.75, 3.05) is 5.32 Å². The summed E-state index contributed by atoms with van der Waals surface area (Å²) in [5.41, 5.74) is 1.47. The summed E-state index contributed by atoms with van der Waals surface area (Å²) in [5.74, 6) is 0.348. The van der Waals surface area contributed by atoms with Crippen LogP contribution in [-0.2, 0) is 11.2 Å². The van der Waals surface area contributed by atoms with Crippen molar-refractivity contribution < 1.29 is 4.79 Å². The van der Waals surface area contributed by atoms with E-state index in [1.54, 1.807) is 12.4 Å². The van der Waals surface area contributed by atoms with Crippen molar-refractivity contribution in [3.8, 4) is 0 Å². The lowest BCUT2D eigenvalue weighted by atomic mass is 10.2. The molecule has 1 N–H and O–H groups in total. The highest BCUT2D eigenvalue weighted by atomic mass is 32.1. The second-order valence-corrected chi connectivity index (χ2v) is 5.38. The molecular weight excluding hydrogens is 272 g/mol. The fourth-order valence-electron chi connectivity index (χ4n) is 1.92. The van der Waals surface area contributed by atoms with Gasteiger partial charge < -0.3 is 5.32 Å². The molecule has 0 aromatic carbocycles.